The van der Waals surface area contributed by atoms with Crippen LogP contribution >= 0.6 is 11.5 Å². The minimum atomic E-state index is -0.465. The lowest BCUT2D eigenvalue weighted by atomic mass is 9.83. The molecule has 3 aliphatic rings. The summed E-state index contributed by atoms with van der Waals surface area (Å²) in [7, 11) is 1.89. The fraction of sp³-hybridized carbons (Fsp3) is 0.800. The predicted molar refractivity (Wildman–Crippen MR) is 105 cm³/mol. The summed E-state index contributed by atoms with van der Waals surface area (Å²) in [6.45, 7) is 9.70. The minimum absolute atomic E-state index is 0.0528. The fourth-order valence-corrected chi connectivity index (χ4v) is 6.04. The summed E-state index contributed by atoms with van der Waals surface area (Å²) in [6, 6.07) is 0. The number of fused-ring (bicyclic) bond motifs is 4. The molecule has 7 heteroatoms. The normalized spacial score (nSPS) is 35.4. The Bertz CT molecular complexity index is 689. The highest BCUT2D eigenvalue weighted by Crippen LogP contribution is 2.47. The van der Waals surface area contributed by atoms with E-state index in [1.165, 1.54) is 10.4 Å². The molecule has 2 bridgehead atoms. The molecule has 1 aromatic heterocycles. The number of amides is 1. The van der Waals surface area contributed by atoms with Gasteiger partial charge in [-0.1, -0.05) is 6.92 Å². The maximum Gasteiger partial charge on any atom is 0.228 e. The van der Waals surface area contributed by atoms with Gasteiger partial charge in [-0.05, 0) is 38.2 Å². The van der Waals surface area contributed by atoms with E-state index in [9.17, 15) is 9.90 Å². The van der Waals surface area contributed by atoms with Crippen LogP contribution in [0.5, 0.6) is 0 Å². The van der Waals surface area contributed by atoms with Gasteiger partial charge in [-0.3, -0.25) is 9.69 Å². The highest BCUT2D eigenvalue weighted by molar-refractivity contribution is 7.05. The SMILES string of the molecule is CCCN(C)C(=O)C1C[C@@H]2O[C@H]1[C@H]1CN(Cc3c(C)nsc3C)C[C@H]1[C@@H]2O. The Hall–Kier alpha value is -1.02. The zero-order valence-electron chi connectivity index (χ0n) is 16.7. The molecule has 1 amide bonds. The van der Waals surface area contributed by atoms with E-state index in [4.69, 9.17) is 4.74 Å². The molecule has 1 unspecified atom stereocenters. The van der Waals surface area contributed by atoms with Crippen molar-refractivity contribution in [3.05, 3.63) is 16.1 Å². The number of hydrogen-bond acceptors (Lipinski definition) is 6. The van der Waals surface area contributed by atoms with Gasteiger partial charge in [0, 0.05) is 55.5 Å². The second-order valence-corrected chi connectivity index (χ2v) is 9.53. The van der Waals surface area contributed by atoms with Gasteiger partial charge in [0.2, 0.25) is 5.91 Å². The van der Waals surface area contributed by atoms with Crippen LogP contribution in [0.4, 0.5) is 0 Å². The van der Waals surface area contributed by atoms with Gasteiger partial charge in [-0.2, -0.15) is 4.37 Å². The summed E-state index contributed by atoms with van der Waals surface area (Å²) in [5, 5.41) is 10.9. The smallest absolute Gasteiger partial charge is 0.228 e. The average molecular weight is 394 g/mol. The first kappa shape index (κ1) is 19.3. The van der Waals surface area contributed by atoms with Crippen molar-refractivity contribution in [3.63, 3.8) is 0 Å². The number of likely N-dealkylation sites (tertiary alicyclic amines) is 1. The topological polar surface area (TPSA) is 65.9 Å². The Kier molecular flexibility index (Phi) is 5.31. The molecule has 0 aromatic carbocycles. The summed E-state index contributed by atoms with van der Waals surface area (Å²) in [5.41, 5.74) is 2.43. The molecule has 6 atom stereocenters. The number of rotatable bonds is 5. The molecule has 0 saturated carbocycles. The lowest BCUT2D eigenvalue weighted by molar-refractivity contribution is -0.146. The van der Waals surface area contributed by atoms with Crippen LogP contribution in [0.25, 0.3) is 0 Å². The van der Waals surface area contributed by atoms with Crippen LogP contribution < -0.4 is 0 Å². The second kappa shape index (κ2) is 7.43. The molecule has 4 heterocycles. The summed E-state index contributed by atoms with van der Waals surface area (Å²) >= 11 is 1.56. The van der Waals surface area contributed by atoms with Crippen molar-refractivity contribution in [1.29, 1.82) is 0 Å². The molecule has 4 rings (SSSR count). The van der Waals surface area contributed by atoms with Gasteiger partial charge in [0.05, 0.1) is 29.9 Å². The molecule has 0 radical (unpaired) electrons. The van der Waals surface area contributed by atoms with E-state index >= 15 is 0 Å². The van der Waals surface area contributed by atoms with E-state index in [1.807, 2.05) is 11.9 Å². The Labute approximate surface area is 165 Å². The van der Waals surface area contributed by atoms with Crippen molar-refractivity contribution in [2.75, 3.05) is 26.7 Å². The molecule has 3 aliphatic heterocycles. The Morgan fingerprint density at radius 1 is 1.37 bits per heavy atom. The molecule has 0 aliphatic carbocycles. The standard InChI is InChI=1S/C20H31N3O3S/c1-5-6-22(4)20(25)13-7-17-18(24)15-9-23(10-16(15)19(13)26-17)8-14-11(2)21-27-12(14)3/h13,15-19,24H,5-10H2,1-4H3/t13?,15-,16+,17+,18+,19-/m1/s1. The van der Waals surface area contributed by atoms with Gasteiger partial charge in [-0.25, -0.2) is 0 Å². The molecule has 0 spiro atoms. The summed E-state index contributed by atoms with van der Waals surface area (Å²) in [4.78, 5) is 18.5. The molecular weight excluding hydrogens is 362 g/mol. The summed E-state index contributed by atoms with van der Waals surface area (Å²) in [5.74, 6) is 0.511. The monoisotopic (exact) mass is 393 g/mol. The van der Waals surface area contributed by atoms with Crippen molar-refractivity contribution in [1.82, 2.24) is 14.2 Å². The Balaban J connectivity index is 1.50. The third-order valence-corrected chi connectivity index (χ3v) is 7.65. The van der Waals surface area contributed by atoms with Gasteiger partial charge in [0.15, 0.2) is 0 Å². The number of aliphatic hydroxyl groups is 1. The second-order valence-electron chi connectivity index (χ2n) is 8.56. The lowest BCUT2D eigenvalue weighted by Gasteiger charge is -2.36. The maximum absolute atomic E-state index is 12.9. The van der Waals surface area contributed by atoms with Gasteiger partial charge in [0.1, 0.15) is 0 Å². The van der Waals surface area contributed by atoms with Gasteiger partial charge in [-0.15, -0.1) is 0 Å². The number of aliphatic hydroxyl groups excluding tert-OH is 1. The highest BCUT2D eigenvalue weighted by atomic mass is 32.1. The van der Waals surface area contributed by atoms with Crippen molar-refractivity contribution in [2.45, 2.75) is 58.5 Å². The summed E-state index contributed by atoms with van der Waals surface area (Å²) in [6.07, 6.45) is 0.917. The highest BCUT2D eigenvalue weighted by Gasteiger charge is 2.58. The van der Waals surface area contributed by atoms with E-state index in [2.05, 4.69) is 30.0 Å². The number of aryl methyl sites for hydroxylation is 2. The molecule has 6 nitrogen and oxygen atoms in total. The van der Waals surface area contributed by atoms with E-state index in [1.54, 1.807) is 11.5 Å². The Morgan fingerprint density at radius 2 is 2.11 bits per heavy atom. The number of hydrogen-bond donors (Lipinski definition) is 1. The average Bonchev–Trinajstić information content (AvgIpc) is 3.32. The fourth-order valence-electron chi connectivity index (χ4n) is 5.33. The summed E-state index contributed by atoms with van der Waals surface area (Å²) < 4.78 is 10.6. The number of aromatic nitrogens is 1. The largest absolute Gasteiger partial charge is 0.390 e. The van der Waals surface area contributed by atoms with Crippen LogP contribution in [-0.2, 0) is 16.1 Å². The maximum atomic E-state index is 12.9. The van der Waals surface area contributed by atoms with Crippen molar-refractivity contribution in [3.8, 4) is 0 Å². The van der Waals surface area contributed by atoms with Gasteiger partial charge >= 0.3 is 0 Å². The zero-order valence-corrected chi connectivity index (χ0v) is 17.5. The molecule has 1 N–H and O–H groups in total. The third kappa shape index (κ3) is 3.33. The first-order valence-corrected chi connectivity index (χ1v) is 10.9. The molecular formula is C20H31N3O3S. The van der Waals surface area contributed by atoms with Crippen LogP contribution in [-0.4, -0.2) is 70.2 Å². The van der Waals surface area contributed by atoms with Crippen LogP contribution in [0.2, 0.25) is 0 Å². The van der Waals surface area contributed by atoms with E-state index in [0.29, 0.717) is 6.42 Å². The molecule has 3 saturated heterocycles. The van der Waals surface area contributed by atoms with Crippen molar-refractivity contribution in [2.24, 2.45) is 17.8 Å². The van der Waals surface area contributed by atoms with Crippen LogP contribution in [0.1, 0.15) is 35.9 Å². The molecule has 1 aromatic rings. The first-order chi connectivity index (χ1) is 12.9. The number of carbonyl (C=O) groups excluding carboxylic acids is 1. The number of nitrogens with zero attached hydrogens (tertiary/aromatic N) is 3. The molecule has 150 valence electrons. The van der Waals surface area contributed by atoms with Crippen LogP contribution in [0, 0.1) is 31.6 Å². The number of carbonyl (C=O) groups is 1. The third-order valence-electron chi connectivity index (χ3n) is 6.76. The van der Waals surface area contributed by atoms with Gasteiger partial charge in [0.25, 0.3) is 0 Å². The lowest BCUT2D eigenvalue weighted by Crippen LogP contribution is -2.47. The Morgan fingerprint density at radius 3 is 2.78 bits per heavy atom. The van der Waals surface area contributed by atoms with Crippen LogP contribution in [0.3, 0.4) is 0 Å². The van der Waals surface area contributed by atoms with Crippen molar-refractivity contribution < 1.29 is 14.6 Å². The van der Waals surface area contributed by atoms with Crippen LogP contribution in [0.15, 0.2) is 0 Å². The van der Waals surface area contributed by atoms with E-state index in [0.717, 1.165) is 38.3 Å². The van der Waals surface area contributed by atoms with Gasteiger partial charge < -0.3 is 14.7 Å². The van der Waals surface area contributed by atoms with E-state index < -0.39 is 6.10 Å². The molecule has 3 fully saturated rings. The minimum Gasteiger partial charge on any atom is -0.390 e. The van der Waals surface area contributed by atoms with E-state index in [-0.39, 0.29) is 35.9 Å². The number of ether oxygens (including phenoxy) is 1. The first-order valence-electron chi connectivity index (χ1n) is 10.1. The zero-order chi connectivity index (χ0) is 19.3. The molecule has 27 heavy (non-hydrogen) atoms. The van der Waals surface area contributed by atoms with Crippen molar-refractivity contribution >= 4 is 17.4 Å². The quantitative estimate of drug-likeness (QED) is 0.827. The predicted octanol–water partition coefficient (Wildman–Crippen LogP) is 1.82.